The molecule has 0 spiro atoms. The molecule has 57 heavy (non-hydrogen) atoms. The Hall–Kier alpha value is -7.86. The van der Waals surface area contributed by atoms with Crippen LogP contribution in [-0.4, -0.2) is 9.13 Å². The van der Waals surface area contributed by atoms with Crippen LogP contribution in [0.4, 0.5) is 5.69 Å². The summed E-state index contributed by atoms with van der Waals surface area (Å²) >= 11 is 0. The second-order valence-electron chi connectivity index (χ2n) is 14.9. The van der Waals surface area contributed by atoms with Crippen molar-refractivity contribution in [1.82, 2.24) is 9.13 Å². The molecule has 0 unspecified atom stereocenters. The summed E-state index contributed by atoms with van der Waals surface area (Å²) in [5.41, 5.74) is 16.3. The van der Waals surface area contributed by atoms with Crippen molar-refractivity contribution < 1.29 is 4.42 Å². The van der Waals surface area contributed by atoms with Gasteiger partial charge in [0.05, 0.1) is 40.3 Å². The van der Waals surface area contributed by atoms with Gasteiger partial charge < -0.3 is 13.6 Å². The zero-order valence-electron chi connectivity index (χ0n) is 31.2. The number of hydrogen-bond donors (Lipinski definition) is 0. The van der Waals surface area contributed by atoms with Gasteiger partial charge in [0.1, 0.15) is 11.2 Å². The first-order chi connectivity index (χ1) is 28.0. The molecule has 8 aromatic carbocycles. The van der Waals surface area contributed by atoms with E-state index in [9.17, 15) is 5.26 Å². The summed E-state index contributed by atoms with van der Waals surface area (Å²) < 4.78 is 11.0. The third-order valence-corrected chi connectivity index (χ3v) is 11.6. The van der Waals surface area contributed by atoms with Crippen LogP contribution in [0.25, 0.3) is 104 Å². The highest BCUT2D eigenvalue weighted by molar-refractivity contribution is 6.14. The molecule has 0 N–H and O–H groups in total. The average molecular weight is 729 g/mol. The van der Waals surface area contributed by atoms with E-state index in [2.05, 4.69) is 149 Å². The van der Waals surface area contributed by atoms with Gasteiger partial charge in [-0.3, -0.25) is 0 Å². The maximum Gasteiger partial charge on any atom is 0.188 e. The minimum Gasteiger partial charge on any atom is -0.455 e. The predicted molar refractivity (Wildman–Crippen MR) is 234 cm³/mol. The lowest BCUT2D eigenvalue weighted by atomic mass is 9.95. The molecule has 266 valence electrons. The fraction of sp³-hybridized carbons (Fsp3) is 0.0385. The highest BCUT2D eigenvalue weighted by Gasteiger charge is 2.19. The Balaban J connectivity index is 1.02. The standard InChI is InChI=1S/C52H32N4O/c1-31-25-36(55-47-13-6-4-9-41(47)44-27-33(30-53)15-22-48(44)55)18-20-38(31)39-21-19-37(26-32(39)2)56-49-23-16-34(28-45(49)46-29-35(54-3)17-24-50(46)56)40-11-8-12-43-42-10-5-7-14-51(42)57-52(40)43/h4-29H,1-2H3. The Morgan fingerprint density at radius 3 is 1.81 bits per heavy atom. The molecule has 3 aromatic heterocycles. The first-order valence-electron chi connectivity index (χ1n) is 19.0. The average Bonchev–Trinajstić information content (AvgIpc) is 3.90. The third-order valence-electron chi connectivity index (χ3n) is 11.6. The van der Waals surface area contributed by atoms with Crippen molar-refractivity contribution in [2.45, 2.75) is 13.8 Å². The lowest BCUT2D eigenvalue weighted by Crippen LogP contribution is -1.98. The monoisotopic (exact) mass is 728 g/mol. The van der Waals surface area contributed by atoms with Crippen LogP contribution in [0.15, 0.2) is 162 Å². The number of aromatic nitrogens is 2. The number of nitrogens with zero attached hydrogens (tertiary/aromatic N) is 4. The fourth-order valence-electron chi connectivity index (χ4n) is 9.00. The van der Waals surface area contributed by atoms with Crippen LogP contribution >= 0.6 is 0 Å². The fourth-order valence-corrected chi connectivity index (χ4v) is 9.00. The second kappa shape index (κ2) is 12.3. The largest absolute Gasteiger partial charge is 0.455 e. The minimum atomic E-state index is 0.615. The second-order valence-corrected chi connectivity index (χ2v) is 14.9. The van der Waals surface area contributed by atoms with Gasteiger partial charge in [0.15, 0.2) is 5.69 Å². The summed E-state index contributed by atoms with van der Waals surface area (Å²) in [6.45, 7) is 12.2. The third kappa shape index (κ3) is 4.87. The summed E-state index contributed by atoms with van der Waals surface area (Å²) in [5.74, 6) is 0. The minimum absolute atomic E-state index is 0.615. The van der Waals surface area contributed by atoms with Gasteiger partial charge >= 0.3 is 0 Å². The molecule has 11 aromatic rings. The summed E-state index contributed by atoms with van der Waals surface area (Å²) in [7, 11) is 0. The topological polar surface area (TPSA) is 51.1 Å². The van der Waals surface area contributed by atoms with Gasteiger partial charge in [-0.05, 0) is 126 Å². The predicted octanol–water partition coefficient (Wildman–Crippen LogP) is 14.2. The molecule has 0 radical (unpaired) electrons. The number of aryl methyl sites for hydroxylation is 2. The maximum atomic E-state index is 9.60. The van der Waals surface area contributed by atoms with Crippen LogP contribution in [0.1, 0.15) is 16.7 Å². The van der Waals surface area contributed by atoms with E-state index in [1.54, 1.807) is 0 Å². The van der Waals surface area contributed by atoms with E-state index in [-0.39, 0.29) is 0 Å². The number of fused-ring (bicyclic) bond motifs is 9. The van der Waals surface area contributed by atoms with E-state index < -0.39 is 0 Å². The quantitative estimate of drug-likeness (QED) is 0.169. The molecule has 0 saturated carbocycles. The number of hydrogen-bond acceptors (Lipinski definition) is 2. The molecular formula is C52H32N4O. The lowest BCUT2D eigenvalue weighted by Gasteiger charge is -2.16. The van der Waals surface area contributed by atoms with Gasteiger partial charge in [0.2, 0.25) is 0 Å². The molecule has 0 aliphatic rings. The molecular weight excluding hydrogens is 697 g/mol. The van der Waals surface area contributed by atoms with E-state index in [0.29, 0.717) is 11.3 Å². The lowest BCUT2D eigenvalue weighted by molar-refractivity contribution is 0.670. The molecule has 5 heteroatoms. The van der Waals surface area contributed by atoms with E-state index in [4.69, 9.17) is 11.0 Å². The van der Waals surface area contributed by atoms with Crippen LogP contribution in [0.2, 0.25) is 0 Å². The smallest absolute Gasteiger partial charge is 0.188 e. The van der Waals surface area contributed by atoms with Crippen LogP contribution in [-0.2, 0) is 0 Å². The molecule has 0 aliphatic carbocycles. The Bertz CT molecular complexity index is 3580. The van der Waals surface area contributed by atoms with Gasteiger partial charge in [0, 0.05) is 43.9 Å². The Kier molecular flexibility index (Phi) is 7.04. The SMILES string of the molecule is [C-]#[N+]c1ccc2c(c1)c1cc(-c3cccc4c3oc3ccccc34)ccc1n2-c1ccc(-c2ccc(-n3c4ccccc4c4cc(C#N)ccc43)cc2C)c(C)c1. The molecule has 0 bridgehead atoms. The number of rotatable bonds is 4. The summed E-state index contributed by atoms with van der Waals surface area (Å²) in [4.78, 5) is 3.79. The van der Waals surface area contributed by atoms with E-state index in [1.807, 2.05) is 42.5 Å². The highest BCUT2D eigenvalue weighted by Crippen LogP contribution is 2.41. The first-order valence-corrected chi connectivity index (χ1v) is 19.0. The molecule has 5 nitrogen and oxygen atoms in total. The van der Waals surface area contributed by atoms with Crippen molar-refractivity contribution in [3.05, 3.63) is 186 Å². The van der Waals surface area contributed by atoms with Crippen LogP contribution in [0.3, 0.4) is 0 Å². The molecule has 0 aliphatic heterocycles. The van der Waals surface area contributed by atoms with Crippen molar-refractivity contribution in [2.75, 3.05) is 0 Å². The van der Waals surface area contributed by atoms with E-state index in [0.717, 1.165) is 88.1 Å². The highest BCUT2D eigenvalue weighted by atomic mass is 16.3. The van der Waals surface area contributed by atoms with Crippen molar-refractivity contribution in [2.24, 2.45) is 0 Å². The van der Waals surface area contributed by atoms with Crippen molar-refractivity contribution in [3.8, 4) is 39.7 Å². The van der Waals surface area contributed by atoms with E-state index in [1.165, 1.54) is 22.3 Å². The van der Waals surface area contributed by atoms with Gasteiger partial charge in [-0.2, -0.15) is 5.26 Å². The summed E-state index contributed by atoms with van der Waals surface area (Å²) in [5, 5.41) is 16.1. The number of nitriles is 1. The van der Waals surface area contributed by atoms with Gasteiger partial charge in [0.25, 0.3) is 0 Å². The maximum absolute atomic E-state index is 9.60. The molecule has 0 fully saturated rings. The van der Waals surface area contributed by atoms with Crippen LogP contribution < -0.4 is 0 Å². The Labute approximate surface area is 328 Å². The summed E-state index contributed by atoms with van der Waals surface area (Å²) in [6, 6.07) is 57.2. The Morgan fingerprint density at radius 2 is 1.11 bits per heavy atom. The zero-order chi connectivity index (χ0) is 38.4. The molecule has 0 amide bonds. The van der Waals surface area contributed by atoms with Crippen molar-refractivity contribution in [1.29, 1.82) is 5.26 Å². The van der Waals surface area contributed by atoms with Crippen molar-refractivity contribution >= 4 is 71.2 Å². The molecule has 3 heterocycles. The normalized spacial score (nSPS) is 11.6. The zero-order valence-corrected chi connectivity index (χ0v) is 31.2. The number of benzene rings is 8. The number of para-hydroxylation sites is 3. The van der Waals surface area contributed by atoms with Crippen LogP contribution in [0, 0.1) is 31.8 Å². The Morgan fingerprint density at radius 1 is 0.509 bits per heavy atom. The van der Waals surface area contributed by atoms with Crippen molar-refractivity contribution in [3.63, 3.8) is 0 Å². The molecule has 0 atom stereocenters. The van der Waals surface area contributed by atoms with E-state index >= 15 is 0 Å². The molecule has 11 rings (SSSR count). The van der Waals surface area contributed by atoms with Gasteiger partial charge in [-0.15, -0.1) is 0 Å². The first kappa shape index (κ1) is 32.6. The summed E-state index contributed by atoms with van der Waals surface area (Å²) in [6.07, 6.45) is 0. The van der Waals surface area contributed by atoms with Gasteiger partial charge in [-0.25, -0.2) is 4.85 Å². The van der Waals surface area contributed by atoms with Gasteiger partial charge in [-0.1, -0.05) is 78.9 Å². The molecule has 0 saturated heterocycles. The van der Waals surface area contributed by atoms with Crippen LogP contribution in [0.5, 0.6) is 0 Å². The number of furan rings is 1.